The Morgan fingerprint density at radius 3 is 2.79 bits per heavy atom. The smallest absolute Gasteiger partial charge is 0.171 e. The van der Waals surface area contributed by atoms with Crippen molar-refractivity contribution in [2.75, 3.05) is 0 Å². The Morgan fingerprint density at radius 2 is 2.05 bits per heavy atom. The van der Waals surface area contributed by atoms with Gasteiger partial charge in [-0.15, -0.1) is 0 Å². The number of hydrogen-bond acceptors (Lipinski definition) is 3. The highest BCUT2D eigenvalue weighted by Gasteiger charge is 2.08. The molecule has 1 heterocycles. The van der Waals surface area contributed by atoms with Crippen molar-refractivity contribution in [3.63, 3.8) is 0 Å². The van der Waals surface area contributed by atoms with E-state index in [0.717, 1.165) is 11.0 Å². The van der Waals surface area contributed by atoms with Crippen molar-refractivity contribution in [3.8, 4) is 6.07 Å². The second-order valence-electron chi connectivity index (χ2n) is 3.92. The molecule has 3 nitrogen and oxygen atoms in total. The Bertz CT molecular complexity index is 756. The topological polar surface area (TPSA) is 52.5 Å². The number of fused-ring (bicyclic) bond motifs is 1. The molecular weight excluding hydrogens is 261 g/mol. The Kier molecular flexibility index (Phi) is 2.94. The van der Waals surface area contributed by atoms with E-state index >= 15 is 0 Å². The van der Waals surface area contributed by atoms with E-state index in [9.17, 15) is 4.39 Å². The lowest BCUT2D eigenvalue weighted by Gasteiger charge is -2.00. The molecule has 0 saturated heterocycles. The highest BCUT2D eigenvalue weighted by molar-refractivity contribution is 7.99. The van der Waals surface area contributed by atoms with Crippen molar-refractivity contribution < 1.29 is 4.39 Å². The number of nitriles is 1. The van der Waals surface area contributed by atoms with E-state index in [1.54, 1.807) is 12.1 Å². The number of H-pyrrole nitrogens is 1. The van der Waals surface area contributed by atoms with Crippen LogP contribution < -0.4 is 0 Å². The molecule has 5 heteroatoms. The Morgan fingerprint density at radius 1 is 1.21 bits per heavy atom. The minimum absolute atomic E-state index is 0.312. The molecule has 0 aliphatic carbocycles. The second kappa shape index (κ2) is 4.75. The third-order valence-electron chi connectivity index (χ3n) is 2.64. The summed E-state index contributed by atoms with van der Waals surface area (Å²) >= 11 is 1.21. The number of imidazole rings is 1. The summed E-state index contributed by atoms with van der Waals surface area (Å²) in [5.74, 6) is -0.412. The molecule has 0 fully saturated rings. The minimum Gasteiger partial charge on any atom is -0.333 e. The van der Waals surface area contributed by atoms with Gasteiger partial charge in [-0.3, -0.25) is 0 Å². The molecular formula is C14H8FN3S. The third-order valence-corrected chi connectivity index (χ3v) is 3.57. The van der Waals surface area contributed by atoms with Crippen LogP contribution in [0.25, 0.3) is 11.0 Å². The van der Waals surface area contributed by atoms with E-state index in [1.807, 2.05) is 30.3 Å². The maximum Gasteiger partial charge on any atom is 0.171 e. The summed E-state index contributed by atoms with van der Waals surface area (Å²) in [7, 11) is 0. The van der Waals surface area contributed by atoms with E-state index in [4.69, 9.17) is 5.26 Å². The zero-order valence-electron chi connectivity index (χ0n) is 9.72. The van der Waals surface area contributed by atoms with Crippen LogP contribution in [-0.2, 0) is 0 Å². The second-order valence-corrected chi connectivity index (χ2v) is 4.95. The molecule has 0 aliphatic rings. The zero-order chi connectivity index (χ0) is 13.2. The number of halogens is 1. The molecule has 0 radical (unpaired) electrons. The van der Waals surface area contributed by atoms with Gasteiger partial charge in [-0.1, -0.05) is 12.1 Å². The predicted molar refractivity (Wildman–Crippen MR) is 71.3 cm³/mol. The van der Waals surface area contributed by atoms with Crippen LogP contribution in [0.3, 0.4) is 0 Å². The van der Waals surface area contributed by atoms with Crippen LogP contribution in [0, 0.1) is 17.1 Å². The molecule has 3 aromatic rings. The van der Waals surface area contributed by atoms with Gasteiger partial charge in [0.2, 0.25) is 0 Å². The first-order valence-corrected chi connectivity index (χ1v) is 6.40. The van der Waals surface area contributed by atoms with Crippen LogP contribution in [0.1, 0.15) is 5.56 Å². The van der Waals surface area contributed by atoms with Crippen molar-refractivity contribution in [1.29, 1.82) is 5.26 Å². The van der Waals surface area contributed by atoms with Gasteiger partial charge in [0.05, 0.1) is 27.6 Å². The van der Waals surface area contributed by atoms with Crippen LogP contribution in [-0.4, -0.2) is 9.97 Å². The van der Waals surface area contributed by atoms with Gasteiger partial charge in [0.1, 0.15) is 5.82 Å². The Balaban J connectivity index is 1.94. The quantitative estimate of drug-likeness (QED) is 0.771. The first kappa shape index (κ1) is 11.8. The molecule has 0 amide bonds. The highest BCUT2D eigenvalue weighted by atomic mass is 32.2. The lowest BCUT2D eigenvalue weighted by molar-refractivity contribution is 0.601. The molecule has 0 saturated carbocycles. The number of para-hydroxylation sites is 2. The molecule has 92 valence electrons. The molecule has 19 heavy (non-hydrogen) atoms. The summed E-state index contributed by atoms with van der Waals surface area (Å²) in [6, 6.07) is 13.9. The summed E-state index contributed by atoms with van der Waals surface area (Å²) in [5, 5.41) is 9.33. The number of benzene rings is 2. The SMILES string of the molecule is N#Cc1ccc(Sc2nc3ccccc3[nH]2)c(F)c1. The van der Waals surface area contributed by atoms with Gasteiger partial charge in [-0.2, -0.15) is 5.26 Å². The van der Waals surface area contributed by atoms with Gasteiger partial charge in [-0.05, 0) is 42.1 Å². The van der Waals surface area contributed by atoms with E-state index < -0.39 is 5.82 Å². The number of nitrogens with zero attached hydrogens (tertiary/aromatic N) is 2. The zero-order valence-corrected chi connectivity index (χ0v) is 10.5. The first-order chi connectivity index (χ1) is 9.26. The van der Waals surface area contributed by atoms with Gasteiger partial charge in [0, 0.05) is 0 Å². The van der Waals surface area contributed by atoms with Gasteiger partial charge < -0.3 is 4.98 Å². The fourth-order valence-electron chi connectivity index (χ4n) is 1.74. The van der Waals surface area contributed by atoms with Crippen molar-refractivity contribution in [3.05, 3.63) is 53.8 Å². The molecule has 0 bridgehead atoms. The van der Waals surface area contributed by atoms with Crippen LogP contribution in [0.4, 0.5) is 4.39 Å². The van der Waals surface area contributed by atoms with Crippen LogP contribution in [0.15, 0.2) is 52.5 Å². The molecule has 2 aromatic carbocycles. The lowest BCUT2D eigenvalue weighted by Crippen LogP contribution is -1.84. The average molecular weight is 269 g/mol. The van der Waals surface area contributed by atoms with Gasteiger partial charge in [0.15, 0.2) is 5.16 Å². The van der Waals surface area contributed by atoms with Crippen molar-refractivity contribution in [1.82, 2.24) is 9.97 Å². The highest BCUT2D eigenvalue weighted by Crippen LogP contribution is 2.29. The molecule has 0 aliphatic heterocycles. The summed E-state index contributed by atoms with van der Waals surface area (Å²) < 4.78 is 13.8. The Labute approximate surface area is 113 Å². The fraction of sp³-hybridized carbons (Fsp3) is 0. The average Bonchev–Trinajstić information content (AvgIpc) is 2.83. The van der Waals surface area contributed by atoms with E-state index in [-0.39, 0.29) is 0 Å². The van der Waals surface area contributed by atoms with Crippen molar-refractivity contribution >= 4 is 22.8 Å². The van der Waals surface area contributed by atoms with Crippen molar-refractivity contribution in [2.24, 2.45) is 0 Å². The number of rotatable bonds is 2. The van der Waals surface area contributed by atoms with Gasteiger partial charge in [0.25, 0.3) is 0 Å². The number of hydrogen-bond donors (Lipinski definition) is 1. The number of aromatic nitrogens is 2. The monoisotopic (exact) mass is 269 g/mol. The number of nitrogens with one attached hydrogen (secondary N) is 1. The van der Waals surface area contributed by atoms with Crippen molar-refractivity contribution in [2.45, 2.75) is 10.1 Å². The summed E-state index contributed by atoms with van der Waals surface area (Å²) in [6.45, 7) is 0. The van der Waals surface area contributed by atoms with E-state index in [0.29, 0.717) is 15.6 Å². The van der Waals surface area contributed by atoms with E-state index in [2.05, 4.69) is 9.97 Å². The molecule has 3 rings (SSSR count). The van der Waals surface area contributed by atoms with Crippen LogP contribution in [0.5, 0.6) is 0 Å². The first-order valence-electron chi connectivity index (χ1n) is 5.58. The molecule has 0 unspecified atom stereocenters. The number of aromatic amines is 1. The molecule has 0 spiro atoms. The largest absolute Gasteiger partial charge is 0.333 e. The molecule has 0 atom stereocenters. The Hall–Kier alpha value is -2.32. The summed E-state index contributed by atoms with van der Waals surface area (Å²) in [6.07, 6.45) is 0. The van der Waals surface area contributed by atoms with Crippen LogP contribution >= 0.6 is 11.8 Å². The molecule has 1 N–H and O–H groups in total. The summed E-state index contributed by atoms with van der Waals surface area (Å²) in [4.78, 5) is 7.93. The van der Waals surface area contributed by atoms with Gasteiger partial charge >= 0.3 is 0 Å². The molecule has 1 aromatic heterocycles. The third kappa shape index (κ3) is 2.30. The van der Waals surface area contributed by atoms with Crippen LogP contribution in [0.2, 0.25) is 0 Å². The lowest BCUT2D eigenvalue weighted by atomic mass is 10.2. The standard InChI is InChI=1S/C14H8FN3S/c15-10-7-9(8-16)5-6-13(10)19-14-17-11-3-1-2-4-12(11)18-14/h1-7H,(H,17,18). The maximum atomic E-state index is 13.8. The fourth-order valence-corrected chi connectivity index (χ4v) is 2.54. The predicted octanol–water partition coefficient (Wildman–Crippen LogP) is 3.72. The van der Waals surface area contributed by atoms with Gasteiger partial charge in [-0.25, -0.2) is 9.37 Å². The minimum atomic E-state index is -0.412. The normalized spacial score (nSPS) is 10.5. The summed E-state index contributed by atoms with van der Waals surface area (Å²) in [5.41, 5.74) is 2.07. The maximum absolute atomic E-state index is 13.8. The van der Waals surface area contributed by atoms with E-state index in [1.165, 1.54) is 17.8 Å².